The maximum absolute atomic E-state index is 12.5. The van der Waals surface area contributed by atoms with Crippen molar-refractivity contribution in [3.63, 3.8) is 0 Å². The van der Waals surface area contributed by atoms with Crippen LogP contribution < -0.4 is 5.32 Å². The molecule has 0 saturated heterocycles. The van der Waals surface area contributed by atoms with E-state index in [0.717, 1.165) is 18.4 Å². The van der Waals surface area contributed by atoms with E-state index in [9.17, 15) is 9.90 Å². The number of carbonyl (C=O) groups is 1. The maximum atomic E-state index is 12.5. The van der Waals surface area contributed by atoms with Gasteiger partial charge in [-0.25, -0.2) is 0 Å². The molecular weight excluding hydrogens is 473 g/mol. The number of hydrogen-bond donors (Lipinski definition) is 2. The van der Waals surface area contributed by atoms with E-state index < -0.39 is 0 Å². The van der Waals surface area contributed by atoms with Crippen LogP contribution in [0, 0.1) is 8.99 Å². The van der Waals surface area contributed by atoms with Gasteiger partial charge in [-0.3, -0.25) is 4.79 Å². The zero-order chi connectivity index (χ0) is 21.2. The fraction of sp³-hybridized carbons (Fsp3) is 0.320. The van der Waals surface area contributed by atoms with Gasteiger partial charge in [-0.2, -0.15) is 0 Å². The van der Waals surface area contributed by atoms with Crippen molar-refractivity contribution in [2.75, 3.05) is 5.32 Å². The molecule has 2 aromatic carbocycles. The molecule has 0 fully saturated rings. The molecule has 0 aliphatic heterocycles. The first-order valence-electron chi connectivity index (χ1n) is 10.0. The molecule has 0 spiro atoms. The topological polar surface area (TPSA) is 49.3 Å². The van der Waals surface area contributed by atoms with Gasteiger partial charge >= 0.3 is 0 Å². The highest BCUT2D eigenvalue weighted by Gasteiger charge is 2.29. The van der Waals surface area contributed by atoms with Crippen LogP contribution in [0.2, 0.25) is 0 Å². The highest BCUT2D eigenvalue weighted by atomic mass is 127. The predicted molar refractivity (Wildman–Crippen MR) is 129 cm³/mol. The van der Waals surface area contributed by atoms with Crippen LogP contribution >= 0.6 is 22.6 Å². The lowest BCUT2D eigenvalue weighted by molar-refractivity contribution is 0.102. The third-order valence-corrected chi connectivity index (χ3v) is 6.71. The van der Waals surface area contributed by atoms with Crippen LogP contribution in [0.25, 0.3) is 6.08 Å². The summed E-state index contributed by atoms with van der Waals surface area (Å²) in [6.45, 7) is 9.17. The van der Waals surface area contributed by atoms with Crippen molar-refractivity contribution in [1.29, 1.82) is 0 Å². The average Bonchev–Trinajstić information content (AvgIpc) is 2.68. The number of amides is 1. The van der Waals surface area contributed by atoms with Crippen molar-refractivity contribution in [2.45, 2.75) is 47.0 Å². The fourth-order valence-electron chi connectivity index (χ4n) is 4.13. The largest absolute Gasteiger partial charge is 0.507 e. The van der Waals surface area contributed by atoms with E-state index in [2.05, 4.69) is 39.1 Å². The Morgan fingerprint density at radius 3 is 2.52 bits per heavy atom. The lowest BCUT2D eigenvalue weighted by Gasteiger charge is -2.35. The van der Waals surface area contributed by atoms with Crippen LogP contribution in [0.15, 0.2) is 59.2 Å². The van der Waals surface area contributed by atoms with Crippen molar-refractivity contribution in [1.82, 2.24) is 0 Å². The predicted octanol–water partition coefficient (Wildman–Crippen LogP) is 7.18. The standard InChI is InChI=1S/C25H28INO2/c1-5-21-16(2)19(12-13-25(21,3)4)14-17-6-8-18(9-7-17)24(29)27-20-10-11-23(28)22(26)15-20/h6-11,14-15,28H,5,12-13H2,1-4H3,(H,27,29)/b19-14+. The molecule has 2 aromatic rings. The lowest BCUT2D eigenvalue weighted by Crippen LogP contribution is -2.21. The Bertz CT molecular complexity index is 984. The van der Waals surface area contributed by atoms with Crippen LogP contribution in [0.3, 0.4) is 0 Å². The number of rotatable bonds is 4. The van der Waals surface area contributed by atoms with E-state index in [4.69, 9.17) is 0 Å². The zero-order valence-corrected chi connectivity index (χ0v) is 19.6. The SMILES string of the molecule is CCC1=C(C)/C(=C/c2ccc(C(=O)Nc3ccc(O)c(I)c3)cc2)CCC1(C)C. The molecule has 3 nitrogen and oxygen atoms in total. The summed E-state index contributed by atoms with van der Waals surface area (Å²) < 4.78 is 0.702. The molecule has 0 bridgehead atoms. The maximum Gasteiger partial charge on any atom is 0.255 e. The summed E-state index contributed by atoms with van der Waals surface area (Å²) in [6, 6.07) is 12.7. The molecular formula is C25H28INO2. The quantitative estimate of drug-likeness (QED) is 0.345. The van der Waals surface area contributed by atoms with Gasteiger partial charge in [0.25, 0.3) is 5.91 Å². The monoisotopic (exact) mass is 501 g/mol. The van der Waals surface area contributed by atoms with E-state index in [1.165, 1.54) is 17.6 Å². The number of phenols is 1. The van der Waals surface area contributed by atoms with Crippen molar-refractivity contribution < 1.29 is 9.90 Å². The summed E-state index contributed by atoms with van der Waals surface area (Å²) in [5, 5.41) is 12.5. The van der Waals surface area contributed by atoms with Crippen LogP contribution in [0.4, 0.5) is 5.69 Å². The molecule has 4 heteroatoms. The number of allylic oxidation sites excluding steroid dienone is 3. The second kappa shape index (κ2) is 8.74. The lowest BCUT2D eigenvalue weighted by atomic mass is 9.70. The number of aromatic hydroxyl groups is 1. The van der Waals surface area contributed by atoms with Gasteiger partial charge in [0, 0.05) is 11.3 Å². The first kappa shape index (κ1) is 21.6. The third kappa shape index (κ3) is 4.92. The number of carbonyl (C=O) groups excluding carboxylic acids is 1. The van der Waals surface area contributed by atoms with Crippen LogP contribution in [-0.4, -0.2) is 11.0 Å². The summed E-state index contributed by atoms with van der Waals surface area (Å²) in [5.74, 6) is 0.0529. The Hall–Kier alpha value is -2.08. The molecule has 0 saturated carbocycles. The van der Waals surface area contributed by atoms with Gasteiger partial charge in [-0.05, 0) is 101 Å². The molecule has 0 atom stereocenters. The molecule has 1 aliphatic rings. The van der Waals surface area contributed by atoms with Crippen LogP contribution in [0.5, 0.6) is 5.75 Å². The van der Waals surface area contributed by atoms with Crippen molar-refractivity contribution in [2.24, 2.45) is 5.41 Å². The number of phenolic OH excluding ortho intramolecular Hbond substituents is 1. The summed E-state index contributed by atoms with van der Waals surface area (Å²) >= 11 is 2.04. The van der Waals surface area contributed by atoms with E-state index >= 15 is 0 Å². The van der Waals surface area contributed by atoms with Crippen LogP contribution in [-0.2, 0) is 0 Å². The third-order valence-electron chi connectivity index (χ3n) is 5.84. The van der Waals surface area contributed by atoms with Gasteiger partial charge in [-0.1, -0.05) is 44.6 Å². The normalized spacial score (nSPS) is 17.5. The number of anilines is 1. The van der Waals surface area contributed by atoms with Gasteiger partial charge in [0.05, 0.1) is 3.57 Å². The highest BCUT2D eigenvalue weighted by molar-refractivity contribution is 14.1. The average molecular weight is 501 g/mol. The smallest absolute Gasteiger partial charge is 0.255 e. The second-order valence-corrected chi connectivity index (χ2v) is 9.42. The van der Waals surface area contributed by atoms with Gasteiger partial charge in [0.15, 0.2) is 0 Å². The minimum Gasteiger partial charge on any atom is -0.507 e. The van der Waals surface area contributed by atoms with Gasteiger partial charge < -0.3 is 10.4 Å². The minimum atomic E-state index is -0.158. The van der Waals surface area contributed by atoms with Gasteiger partial charge in [0.2, 0.25) is 0 Å². The van der Waals surface area contributed by atoms with Crippen LogP contribution in [0.1, 0.15) is 62.9 Å². The Morgan fingerprint density at radius 1 is 1.21 bits per heavy atom. The van der Waals surface area contributed by atoms with Crippen molar-refractivity contribution in [3.8, 4) is 5.75 Å². The molecule has 3 rings (SSSR count). The zero-order valence-electron chi connectivity index (χ0n) is 17.5. The summed E-state index contributed by atoms with van der Waals surface area (Å²) in [6.07, 6.45) is 5.60. The summed E-state index contributed by atoms with van der Waals surface area (Å²) in [4.78, 5) is 12.5. The molecule has 29 heavy (non-hydrogen) atoms. The van der Waals surface area contributed by atoms with Crippen molar-refractivity contribution in [3.05, 3.63) is 73.9 Å². The highest BCUT2D eigenvalue weighted by Crippen LogP contribution is 2.44. The Balaban J connectivity index is 1.77. The second-order valence-electron chi connectivity index (χ2n) is 8.25. The van der Waals surface area contributed by atoms with E-state index in [1.54, 1.807) is 23.8 Å². The molecule has 1 amide bonds. The molecule has 0 unspecified atom stereocenters. The Labute approximate surface area is 187 Å². The number of halogens is 1. The Morgan fingerprint density at radius 2 is 1.90 bits per heavy atom. The number of benzene rings is 2. The van der Waals surface area contributed by atoms with E-state index in [1.807, 2.05) is 46.9 Å². The number of nitrogens with one attached hydrogen (secondary N) is 1. The molecule has 2 N–H and O–H groups in total. The van der Waals surface area contributed by atoms with Gasteiger partial charge in [-0.15, -0.1) is 0 Å². The molecule has 0 heterocycles. The van der Waals surface area contributed by atoms with Crippen molar-refractivity contribution >= 4 is 40.3 Å². The van der Waals surface area contributed by atoms with E-state index in [-0.39, 0.29) is 17.1 Å². The number of hydrogen-bond acceptors (Lipinski definition) is 2. The summed E-state index contributed by atoms with van der Waals surface area (Å²) in [5.41, 5.74) is 7.05. The summed E-state index contributed by atoms with van der Waals surface area (Å²) in [7, 11) is 0. The molecule has 0 radical (unpaired) electrons. The first-order valence-corrected chi connectivity index (χ1v) is 11.1. The Kier molecular flexibility index (Phi) is 6.52. The van der Waals surface area contributed by atoms with E-state index in [0.29, 0.717) is 14.8 Å². The molecule has 0 aromatic heterocycles. The molecule has 1 aliphatic carbocycles. The first-order chi connectivity index (χ1) is 13.7. The minimum absolute atomic E-state index is 0.158. The fourth-order valence-corrected chi connectivity index (χ4v) is 4.65. The van der Waals surface area contributed by atoms with Gasteiger partial charge in [0.1, 0.15) is 5.75 Å². The molecule has 152 valence electrons.